The Balaban J connectivity index is 0.000000517. The number of nitrogens with two attached hydrogens (primary N) is 1. The van der Waals surface area contributed by atoms with Crippen LogP contribution in [0.25, 0.3) is 22.2 Å². The third-order valence-corrected chi connectivity index (χ3v) is 6.65. The maximum absolute atomic E-state index is 15.4. The van der Waals surface area contributed by atoms with Gasteiger partial charge in [-0.1, -0.05) is 48.9 Å². The fourth-order valence-corrected chi connectivity index (χ4v) is 4.49. The second-order valence-corrected chi connectivity index (χ2v) is 9.52. The number of fused-ring (bicyclic) bond motifs is 1. The number of carboxylic acid groups (broad SMARTS) is 1. The van der Waals surface area contributed by atoms with E-state index in [-0.39, 0.29) is 0 Å². The first-order chi connectivity index (χ1) is 19.9. The van der Waals surface area contributed by atoms with E-state index in [9.17, 15) is 13.2 Å². The summed E-state index contributed by atoms with van der Waals surface area (Å²) in [4.78, 5) is 17.9. The molecule has 5 aromatic rings. The maximum Gasteiger partial charge on any atom is 0.490 e. The summed E-state index contributed by atoms with van der Waals surface area (Å²) in [6.45, 7) is 1.99. The quantitative estimate of drug-likeness (QED) is 0.183. The van der Waals surface area contributed by atoms with Crippen LogP contribution >= 0.6 is 11.6 Å². The zero-order valence-electron chi connectivity index (χ0n) is 22.3. The van der Waals surface area contributed by atoms with Gasteiger partial charge in [-0.25, -0.2) is 19.2 Å². The first-order valence-corrected chi connectivity index (χ1v) is 12.9. The topological polar surface area (TPSA) is 119 Å². The third kappa shape index (κ3) is 6.77. The van der Waals surface area contributed by atoms with E-state index in [1.165, 1.54) is 6.07 Å². The normalized spacial score (nSPS) is 12.0. The summed E-state index contributed by atoms with van der Waals surface area (Å²) < 4.78 is 48.8. The van der Waals surface area contributed by atoms with Gasteiger partial charge in [0.05, 0.1) is 0 Å². The van der Waals surface area contributed by atoms with Crippen LogP contribution in [0.4, 0.5) is 29.1 Å². The number of carboxylic acids is 1. The summed E-state index contributed by atoms with van der Waals surface area (Å²) in [5, 5.41) is 17.4. The summed E-state index contributed by atoms with van der Waals surface area (Å²) in [6.07, 6.45) is -2.74. The Bertz CT molecular complexity index is 1730. The number of aliphatic carboxylic acids is 1. The van der Waals surface area contributed by atoms with E-state index in [0.29, 0.717) is 34.5 Å². The summed E-state index contributed by atoms with van der Waals surface area (Å²) >= 11 is 6.30. The number of hydrogen-bond acceptors (Lipinski definition) is 6. The Morgan fingerprint density at radius 2 is 1.81 bits per heavy atom. The van der Waals surface area contributed by atoms with Gasteiger partial charge < -0.3 is 16.2 Å². The van der Waals surface area contributed by atoms with Crippen molar-refractivity contribution in [2.45, 2.75) is 25.6 Å². The van der Waals surface area contributed by atoms with Gasteiger partial charge in [0, 0.05) is 40.5 Å². The molecule has 0 aliphatic rings. The van der Waals surface area contributed by atoms with Crippen molar-refractivity contribution >= 4 is 39.8 Å². The number of aryl methyl sites for hydroxylation is 2. The standard InChI is InChI=1S/C27H24ClFN6.C2HF3O2/c1-3-16-14-21(23(29)15-22(16)28)24(27-33-26(34-35(27)2)17-7-5-4-6-8-17)32-19-9-10-20-18(13-19)11-12-31-25(20)30;3-2(4,5)1(6)7/h4-15,24,32H,3H2,1-2H3,(H2,30,31);(H,6,7). The number of anilines is 2. The van der Waals surface area contributed by atoms with Gasteiger partial charge in [-0.05, 0) is 53.8 Å². The summed E-state index contributed by atoms with van der Waals surface area (Å²) in [5.41, 5.74) is 8.98. The lowest BCUT2D eigenvalue weighted by Gasteiger charge is -2.21. The predicted octanol–water partition coefficient (Wildman–Crippen LogP) is 6.80. The highest BCUT2D eigenvalue weighted by Gasteiger charge is 2.38. The second kappa shape index (κ2) is 12.4. The zero-order valence-corrected chi connectivity index (χ0v) is 23.1. The van der Waals surface area contributed by atoms with Gasteiger partial charge in [0.1, 0.15) is 17.7 Å². The van der Waals surface area contributed by atoms with Gasteiger partial charge in [0.15, 0.2) is 11.6 Å². The van der Waals surface area contributed by atoms with Crippen molar-refractivity contribution in [1.29, 1.82) is 0 Å². The molecule has 3 aromatic carbocycles. The van der Waals surface area contributed by atoms with Crippen LogP contribution < -0.4 is 11.1 Å². The van der Waals surface area contributed by atoms with Gasteiger partial charge in [0.2, 0.25) is 0 Å². The fourth-order valence-electron chi connectivity index (χ4n) is 4.20. The van der Waals surface area contributed by atoms with Crippen LogP contribution in [-0.4, -0.2) is 37.0 Å². The molecule has 218 valence electrons. The first-order valence-electron chi connectivity index (χ1n) is 12.5. The number of carbonyl (C=O) groups is 1. The van der Waals surface area contributed by atoms with Crippen molar-refractivity contribution in [3.63, 3.8) is 0 Å². The summed E-state index contributed by atoms with van der Waals surface area (Å²) in [7, 11) is 1.81. The van der Waals surface area contributed by atoms with Crippen LogP contribution in [0.15, 0.2) is 72.9 Å². The highest BCUT2D eigenvalue weighted by Crippen LogP contribution is 2.33. The number of rotatable bonds is 6. The number of nitrogens with zero attached hydrogens (tertiary/aromatic N) is 4. The van der Waals surface area contributed by atoms with Crippen LogP contribution in [0.5, 0.6) is 0 Å². The molecule has 0 saturated carbocycles. The Morgan fingerprint density at radius 1 is 1.12 bits per heavy atom. The van der Waals surface area contributed by atoms with Gasteiger partial charge in [-0.15, -0.1) is 0 Å². The van der Waals surface area contributed by atoms with Crippen LogP contribution in [0, 0.1) is 5.82 Å². The lowest BCUT2D eigenvalue weighted by molar-refractivity contribution is -0.192. The number of nitrogens with one attached hydrogen (secondary N) is 1. The molecule has 42 heavy (non-hydrogen) atoms. The Labute approximate surface area is 242 Å². The van der Waals surface area contributed by atoms with Gasteiger partial charge in [0.25, 0.3) is 0 Å². The van der Waals surface area contributed by atoms with Crippen molar-refractivity contribution in [1.82, 2.24) is 19.7 Å². The molecule has 5 rings (SSSR count). The number of pyridine rings is 1. The van der Waals surface area contributed by atoms with Crippen molar-refractivity contribution in [2.24, 2.45) is 7.05 Å². The number of alkyl halides is 3. The minimum Gasteiger partial charge on any atom is -0.475 e. The fraction of sp³-hybridized carbons (Fsp3) is 0.172. The van der Waals surface area contributed by atoms with E-state index in [2.05, 4.69) is 15.4 Å². The smallest absolute Gasteiger partial charge is 0.475 e. The van der Waals surface area contributed by atoms with Gasteiger partial charge in [-0.3, -0.25) is 4.68 Å². The molecule has 2 aromatic heterocycles. The molecule has 0 radical (unpaired) electrons. The van der Waals surface area contributed by atoms with Crippen molar-refractivity contribution in [3.05, 3.63) is 101 Å². The largest absolute Gasteiger partial charge is 0.490 e. The van der Waals surface area contributed by atoms with Crippen LogP contribution in [-0.2, 0) is 18.3 Å². The van der Waals surface area contributed by atoms with Crippen LogP contribution in [0.1, 0.15) is 29.9 Å². The van der Waals surface area contributed by atoms with E-state index in [1.807, 2.05) is 68.6 Å². The zero-order chi connectivity index (χ0) is 30.6. The maximum atomic E-state index is 15.4. The van der Waals surface area contributed by atoms with Gasteiger partial charge in [-0.2, -0.15) is 18.3 Å². The van der Waals surface area contributed by atoms with E-state index >= 15 is 4.39 Å². The molecule has 13 heteroatoms. The molecule has 4 N–H and O–H groups in total. The molecule has 0 amide bonds. The number of aromatic nitrogens is 4. The lowest BCUT2D eigenvalue weighted by atomic mass is 10.00. The molecule has 0 fully saturated rings. The summed E-state index contributed by atoms with van der Waals surface area (Å²) in [6, 6.07) is 19.9. The molecule has 0 aliphatic carbocycles. The molecule has 2 heterocycles. The Kier molecular flexibility index (Phi) is 8.96. The Morgan fingerprint density at radius 3 is 2.45 bits per heavy atom. The minimum atomic E-state index is -5.08. The molecular formula is C29H25ClF4N6O2. The lowest BCUT2D eigenvalue weighted by Crippen LogP contribution is -2.21. The van der Waals surface area contributed by atoms with Crippen molar-refractivity contribution in [3.8, 4) is 11.4 Å². The molecule has 0 spiro atoms. The number of benzene rings is 3. The van der Waals surface area contributed by atoms with Crippen molar-refractivity contribution < 1.29 is 27.5 Å². The monoisotopic (exact) mass is 600 g/mol. The van der Waals surface area contributed by atoms with Crippen LogP contribution in [0.2, 0.25) is 5.02 Å². The number of halogens is 5. The molecular weight excluding hydrogens is 576 g/mol. The summed E-state index contributed by atoms with van der Waals surface area (Å²) in [5.74, 6) is -1.57. The average molecular weight is 601 g/mol. The van der Waals surface area contributed by atoms with E-state index in [1.54, 1.807) is 16.9 Å². The molecule has 0 saturated heterocycles. The first kappa shape index (κ1) is 30.3. The number of hydrogen-bond donors (Lipinski definition) is 3. The van der Waals surface area contributed by atoms with E-state index < -0.39 is 24.0 Å². The van der Waals surface area contributed by atoms with E-state index in [4.69, 9.17) is 32.2 Å². The second-order valence-electron chi connectivity index (χ2n) is 9.11. The van der Waals surface area contributed by atoms with Crippen molar-refractivity contribution in [2.75, 3.05) is 11.1 Å². The van der Waals surface area contributed by atoms with Crippen LogP contribution in [0.3, 0.4) is 0 Å². The SMILES string of the molecule is CCc1cc(C(Nc2ccc3c(N)nccc3c2)c2nc(-c3ccccc3)nn2C)c(F)cc1Cl.O=C(O)C(F)(F)F. The highest BCUT2D eigenvalue weighted by atomic mass is 35.5. The molecule has 8 nitrogen and oxygen atoms in total. The third-order valence-electron chi connectivity index (χ3n) is 6.29. The predicted molar refractivity (Wildman–Crippen MR) is 153 cm³/mol. The molecule has 0 bridgehead atoms. The number of nitrogen functional groups attached to an aromatic ring is 1. The molecule has 0 aliphatic heterocycles. The molecule has 1 atom stereocenters. The minimum absolute atomic E-state index is 0.407. The van der Waals surface area contributed by atoms with E-state index in [0.717, 1.165) is 27.6 Å². The highest BCUT2D eigenvalue weighted by molar-refractivity contribution is 6.31. The Hall–Kier alpha value is -4.71. The molecule has 1 unspecified atom stereocenters. The average Bonchev–Trinajstić information content (AvgIpc) is 3.34. The van der Waals surface area contributed by atoms with Gasteiger partial charge >= 0.3 is 12.1 Å².